The maximum absolute atomic E-state index is 13.7. The summed E-state index contributed by atoms with van der Waals surface area (Å²) in [4.78, 5) is 33.4. The lowest BCUT2D eigenvalue weighted by Gasteiger charge is -2.28. The number of hydrogen-bond donors (Lipinski definition) is 1. The van der Waals surface area contributed by atoms with Crippen LogP contribution in [0.25, 0.3) is 10.9 Å². The average molecular weight is 548 g/mol. The SMILES string of the molecule is COCCN(CC(=O)N(CCc1c[nH]c2ccccc12)Cc1ccc(C)cc1)C(=O)COc1ccc(Cl)cc1. The van der Waals surface area contributed by atoms with Crippen molar-refractivity contribution < 1.29 is 19.1 Å². The highest BCUT2D eigenvalue weighted by atomic mass is 35.5. The zero-order chi connectivity index (χ0) is 27.6. The van der Waals surface area contributed by atoms with Crippen LogP contribution in [0.4, 0.5) is 0 Å². The molecule has 0 spiro atoms. The predicted molar refractivity (Wildman–Crippen MR) is 154 cm³/mol. The third-order valence-corrected chi connectivity index (χ3v) is 6.84. The van der Waals surface area contributed by atoms with Crippen LogP contribution >= 0.6 is 11.6 Å². The normalized spacial score (nSPS) is 10.9. The van der Waals surface area contributed by atoms with Crippen molar-refractivity contribution in [3.63, 3.8) is 0 Å². The molecule has 1 N–H and O–H groups in total. The van der Waals surface area contributed by atoms with Crippen LogP contribution in [0.15, 0.2) is 79.0 Å². The Kier molecular flexibility index (Phi) is 10.00. The number of hydrogen-bond acceptors (Lipinski definition) is 4. The lowest BCUT2D eigenvalue weighted by molar-refractivity contribution is -0.142. The third kappa shape index (κ3) is 8.09. The van der Waals surface area contributed by atoms with Gasteiger partial charge in [0, 0.05) is 48.9 Å². The number of aryl methyl sites for hydroxylation is 1. The standard InChI is InChI=1S/C31H34ClN3O4/c1-23-7-9-24(10-8-23)20-34(16-15-25-19-33-29-6-4-3-5-28(25)29)30(36)21-35(17-18-38-2)31(37)22-39-27-13-11-26(32)12-14-27/h3-14,19,33H,15-18,20-22H2,1-2H3. The van der Waals surface area contributed by atoms with Crippen LogP contribution in [-0.4, -0.2) is 66.6 Å². The molecule has 1 heterocycles. The number of H-pyrrole nitrogens is 1. The van der Waals surface area contributed by atoms with Crippen LogP contribution in [-0.2, 0) is 27.3 Å². The van der Waals surface area contributed by atoms with E-state index >= 15 is 0 Å². The molecule has 0 unspecified atom stereocenters. The van der Waals surface area contributed by atoms with Crippen LogP contribution in [0.3, 0.4) is 0 Å². The largest absolute Gasteiger partial charge is 0.484 e. The Hall–Kier alpha value is -3.81. The lowest BCUT2D eigenvalue weighted by atomic mass is 10.1. The monoisotopic (exact) mass is 547 g/mol. The molecule has 7 nitrogen and oxygen atoms in total. The molecule has 0 aliphatic rings. The minimum atomic E-state index is -0.290. The van der Waals surface area contributed by atoms with Gasteiger partial charge in [0.2, 0.25) is 5.91 Å². The Morgan fingerprint density at radius 3 is 2.38 bits per heavy atom. The summed E-state index contributed by atoms with van der Waals surface area (Å²) in [6.45, 7) is 3.35. The average Bonchev–Trinajstić information content (AvgIpc) is 3.36. The van der Waals surface area contributed by atoms with E-state index in [1.54, 1.807) is 31.4 Å². The number of fused-ring (bicyclic) bond motifs is 1. The fourth-order valence-electron chi connectivity index (χ4n) is 4.32. The summed E-state index contributed by atoms with van der Waals surface area (Å²) < 4.78 is 10.9. The molecule has 0 saturated heterocycles. The zero-order valence-corrected chi connectivity index (χ0v) is 23.1. The number of rotatable bonds is 13. The number of carbonyl (C=O) groups is 2. The smallest absolute Gasteiger partial charge is 0.261 e. The molecular weight excluding hydrogens is 514 g/mol. The minimum absolute atomic E-state index is 0.0636. The molecule has 0 saturated carbocycles. The summed E-state index contributed by atoms with van der Waals surface area (Å²) in [6, 6.07) is 23.1. The number of methoxy groups -OCH3 is 1. The second-order valence-corrected chi connectivity index (χ2v) is 9.90. The van der Waals surface area contributed by atoms with Gasteiger partial charge in [0.15, 0.2) is 6.61 Å². The van der Waals surface area contributed by atoms with E-state index in [4.69, 9.17) is 21.1 Å². The Morgan fingerprint density at radius 1 is 0.897 bits per heavy atom. The van der Waals surface area contributed by atoms with E-state index < -0.39 is 0 Å². The first-order chi connectivity index (χ1) is 18.9. The van der Waals surface area contributed by atoms with Crippen LogP contribution in [0.2, 0.25) is 5.02 Å². The lowest BCUT2D eigenvalue weighted by Crippen LogP contribution is -2.46. The molecule has 4 aromatic rings. The van der Waals surface area contributed by atoms with Crippen molar-refractivity contribution >= 4 is 34.3 Å². The summed E-state index contributed by atoms with van der Waals surface area (Å²) in [5, 5.41) is 1.73. The summed E-state index contributed by atoms with van der Waals surface area (Å²) in [7, 11) is 1.57. The van der Waals surface area contributed by atoms with Gasteiger partial charge >= 0.3 is 0 Å². The van der Waals surface area contributed by atoms with Gasteiger partial charge in [0.05, 0.1) is 13.2 Å². The summed E-state index contributed by atoms with van der Waals surface area (Å²) in [5.74, 6) is 0.110. The summed E-state index contributed by atoms with van der Waals surface area (Å²) in [5.41, 5.74) is 4.41. The van der Waals surface area contributed by atoms with E-state index in [0.717, 1.165) is 27.6 Å². The van der Waals surface area contributed by atoms with Crippen molar-refractivity contribution in [2.24, 2.45) is 0 Å². The molecule has 1 aromatic heterocycles. The number of amides is 2. The van der Waals surface area contributed by atoms with Gasteiger partial charge in [0.1, 0.15) is 5.75 Å². The fourth-order valence-corrected chi connectivity index (χ4v) is 4.45. The first kappa shape index (κ1) is 28.2. The Balaban J connectivity index is 1.46. The molecule has 0 bridgehead atoms. The minimum Gasteiger partial charge on any atom is -0.484 e. The second-order valence-electron chi connectivity index (χ2n) is 9.46. The van der Waals surface area contributed by atoms with Crippen molar-refractivity contribution in [2.45, 2.75) is 19.9 Å². The Bertz CT molecular complexity index is 1370. The summed E-state index contributed by atoms with van der Waals surface area (Å²) >= 11 is 5.93. The Labute approximate surface area is 234 Å². The maximum atomic E-state index is 13.7. The van der Waals surface area contributed by atoms with Crippen molar-refractivity contribution in [1.29, 1.82) is 0 Å². The molecule has 39 heavy (non-hydrogen) atoms. The van der Waals surface area contributed by atoms with E-state index in [1.165, 1.54) is 4.90 Å². The van der Waals surface area contributed by atoms with Gasteiger partial charge in [-0.1, -0.05) is 59.6 Å². The van der Waals surface area contributed by atoms with Gasteiger partial charge in [-0.2, -0.15) is 0 Å². The van der Waals surface area contributed by atoms with E-state index in [0.29, 0.717) is 36.9 Å². The van der Waals surface area contributed by atoms with Gasteiger partial charge in [0.25, 0.3) is 5.91 Å². The van der Waals surface area contributed by atoms with Gasteiger partial charge in [-0.3, -0.25) is 9.59 Å². The first-order valence-electron chi connectivity index (χ1n) is 13.0. The Morgan fingerprint density at radius 2 is 1.64 bits per heavy atom. The highest BCUT2D eigenvalue weighted by Crippen LogP contribution is 2.19. The van der Waals surface area contributed by atoms with Crippen molar-refractivity contribution in [3.8, 4) is 5.75 Å². The molecule has 0 atom stereocenters. The number of benzene rings is 3. The van der Waals surface area contributed by atoms with Crippen molar-refractivity contribution in [3.05, 3.63) is 101 Å². The number of nitrogens with one attached hydrogen (secondary N) is 1. The number of halogens is 1. The number of aromatic amines is 1. The molecule has 0 fully saturated rings. The quantitative estimate of drug-likeness (QED) is 0.248. The number of carbonyl (C=O) groups excluding carboxylic acids is 2. The van der Waals surface area contributed by atoms with Crippen LogP contribution in [0.1, 0.15) is 16.7 Å². The molecule has 4 rings (SSSR count). The highest BCUT2D eigenvalue weighted by molar-refractivity contribution is 6.30. The number of aromatic nitrogens is 1. The highest BCUT2D eigenvalue weighted by Gasteiger charge is 2.22. The van der Waals surface area contributed by atoms with E-state index in [-0.39, 0.29) is 31.5 Å². The summed E-state index contributed by atoms with van der Waals surface area (Å²) in [6.07, 6.45) is 2.69. The third-order valence-electron chi connectivity index (χ3n) is 6.59. The molecule has 8 heteroatoms. The number of para-hydroxylation sites is 1. The van der Waals surface area contributed by atoms with Crippen molar-refractivity contribution in [1.82, 2.24) is 14.8 Å². The first-order valence-corrected chi connectivity index (χ1v) is 13.3. The maximum Gasteiger partial charge on any atom is 0.261 e. The van der Waals surface area contributed by atoms with Crippen LogP contribution in [0, 0.1) is 6.92 Å². The molecule has 0 aliphatic heterocycles. The molecule has 0 radical (unpaired) electrons. The molecular formula is C31H34ClN3O4. The van der Waals surface area contributed by atoms with Gasteiger partial charge in [-0.25, -0.2) is 0 Å². The molecule has 3 aromatic carbocycles. The van der Waals surface area contributed by atoms with E-state index in [2.05, 4.69) is 11.1 Å². The topological polar surface area (TPSA) is 74.9 Å². The predicted octanol–water partition coefficient (Wildman–Crippen LogP) is 5.26. The number of nitrogens with zero attached hydrogens (tertiary/aromatic N) is 2. The number of ether oxygens (including phenoxy) is 2. The van der Waals surface area contributed by atoms with E-state index in [1.807, 2.05) is 60.5 Å². The van der Waals surface area contributed by atoms with Crippen LogP contribution in [0.5, 0.6) is 5.75 Å². The van der Waals surface area contributed by atoms with Gasteiger partial charge < -0.3 is 24.3 Å². The van der Waals surface area contributed by atoms with Crippen LogP contribution < -0.4 is 4.74 Å². The zero-order valence-electron chi connectivity index (χ0n) is 22.4. The molecule has 0 aliphatic carbocycles. The molecule has 204 valence electrons. The van der Waals surface area contributed by atoms with E-state index in [9.17, 15) is 9.59 Å². The van der Waals surface area contributed by atoms with Gasteiger partial charge in [-0.05, 0) is 54.8 Å². The van der Waals surface area contributed by atoms with Crippen molar-refractivity contribution in [2.75, 3.05) is 40.0 Å². The van der Waals surface area contributed by atoms with Gasteiger partial charge in [-0.15, -0.1) is 0 Å². The second kappa shape index (κ2) is 13.8. The molecule has 2 amide bonds. The fraction of sp³-hybridized carbons (Fsp3) is 0.290.